The first kappa shape index (κ1) is 16.7. The third-order valence-corrected chi connectivity index (χ3v) is 4.51. The van der Waals surface area contributed by atoms with Crippen molar-refractivity contribution in [2.75, 3.05) is 31.1 Å². The van der Waals surface area contributed by atoms with E-state index in [2.05, 4.69) is 20.0 Å². The Balaban J connectivity index is 1.73. The van der Waals surface area contributed by atoms with Crippen molar-refractivity contribution >= 4 is 17.4 Å². The summed E-state index contributed by atoms with van der Waals surface area (Å²) in [4.78, 5) is 4.68. The molecule has 0 bridgehead atoms. The van der Waals surface area contributed by atoms with Gasteiger partial charge in [-0.2, -0.15) is 5.26 Å². The molecule has 0 N–H and O–H groups in total. The lowest BCUT2D eigenvalue weighted by atomic mass is 10.2. The molecule has 1 aliphatic heterocycles. The summed E-state index contributed by atoms with van der Waals surface area (Å²) in [6.45, 7) is 4.98. The van der Waals surface area contributed by atoms with Gasteiger partial charge < -0.3 is 9.80 Å². The van der Waals surface area contributed by atoms with Gasteiger partial charge in [0.2, 0.25) is 0 Å². The maximum atomic E-state index is 8.89. The number of likely N-dealkylation sites (tertiary alicyclic amines) is 1. The van der Waals surface area contributed by atoms with Crippen molar-refractivity contribution in [2.45, 2.75) is 19.4 Å². The molecule has 24 heavy (non-hydrogen) atoms. The Morgan fingerprint density at radius 1 is 1.08 bits per heavy atom. The summed E-state index contributed by atoms with van der Waals surface area (Å²) in [6.07, 6.45) is 2.57. The molecule has 0 spiro atoms. The number of aromatic nitrogens is 2. The standard InChI is InChI=1S/C18H20ClN5/c19-16-5-3-15(4-6-16)14-24(12-11-23-9-1-2-10-23)18-8-7-17(13-20)21-22-18/h3-8H,1-2,9-12,14H2. The molecule has 6 heteroatoms. The number of halogens is 1. The van der Waals surface area contributed by atoms with Crippen molar-refractivity contribution in [2.24, 2.45) is 0 Å². The number of rotatable bonds is 6. The lowest BCUT2D eigenvalue weighted by molar-refractivity contribution is 0.344. The third-order valence-electron chi connectivity index (χ3n) is 4.26. The molecule has 0 atom stereocenters. The molecule has 1 aliphatic rings. The fraction of sp³-hybridized carbons (Fsp3) is 0.389. The third kappa shape index (κ3) is 4.44. The SMILES string of the molecule is N#Cc1ccc(N(CCN2CCCC2)Cc2ccc(Cl)cc2)nn1. The summed E-state index contributed by atoms with van der Waals surface area (Å²) in [5, 5.41) is 17.8. The molecule has 1 saturated heterocycles. The second-order valence-electron chi connectivity index (χ2n) is 5.99. The van der Waals surface area contributed by atoms with Gasteiger partial charge in [0.05, 0.1) is 0 Å². The summed E-state index contributed by atoms with van der Waals surface area (Å²) in [5.41, 5.74) is 1.51. The van der Waals surface area contributed by atoms with Gasteiger partial charge in [0, 0.05) is 24.7 Å². The molecule has 5 nitrogen and oxygen atoms in total. The van der Waals surface area contributed by atoms with Gasteiger partial charge in [-0.1, -0.05) is 23.7 Å². The van der Waals surface area contributed by atoms with Crippen molar-refractivity contribution in [3.05, 3.63) is 52.7 Å². The van der Waals surface area contributed by atoms with E-state index < -0.39 is 0 Å². The van der Waals surface area contributed by atoms with Crippen LogP contribution in [0.1, 0.15) is 24.1 Å². The lowest BCUT2D eigenvalue weighted by Crippen LogP contribution is -2.34. The fourth-order valence-corrected chi connectivity index (χ4v) is 3.03. The average Bonchev–Trinajstić information content (AvgIpc) is 3.14. The smallest absolute Gasteiger partial charge is 0.163 e. The van der Waals surface area contributed by atoms with Crippen molar-refractivity contribution in [3.63, 3.8) is 0 Å². The molecule has 1 aromatic heterocycles. The highest BCUT2D eigenvalue weighted by molar-refractivity contribution is 6.30. The van der Waals surface area contributed by atoms with Gasteiger partial charge in [-0.3, -0.25) is 0 Å². The molecule has 0 amide bonds. The number of hydrogen-bond acceptors (Lipinski definition) is 5. The first-order valence-corrected chi connectivity index (χ1v) is 8.58. The van der Waals surface area contributed by atoms with Crippen molar-refractivity contribution in [1.82, 2.24) is 15.1 Å². The van der Waals surface area contributed by atoms with Gasteiger partial charge >= 0.3 is 0 Å². The van der Waals surface area contributed by atoms with E-state index in [-0.39, 0.29) is 0 Å². The van der Waals surface area contributed by atoms with Crippen LogP contribution in [0.15, 0.2) is 36.4 Å². The molecule has 1 fully saturated rings. The highest BCUT2D eigenvalue weighted by Gasteiger charge is 2.15. The zero-order valence-electron chi connectivity index (χ0n) is 13.5. The van der Waals surface area contributed by atoms with Crippen LogP contribution in [0, 0.1) is 11.3 Å². The van der Waals surface area contributed by atoms with Crippen molar-refractivity contribution in [3.8, 4) is 6.07 Å². The summed E-state index contributed by atoms with van der Waals surface area (Å²) >= 11 is 5.97. The van der Waals surface area contributed by atoms with E-state index in [1.807, 2.05) is 36.4 Å². The zero-order chi connectivity index (χ0) is 16.8. The Hall–Kier alpha value is -2.16. The van der Waals surface area contributed by atoms with Gasteiger partial charge in [-0.15, -0.1) is 10.2 Å². The summed E-state index contributed by atoms with van der Waals surface area (Å²) in [7, 11) is 0. The van der Waals surface area contributed by atoms with E-state index in [4.69, 9.17) is 16.9 Å². The number of benzene rings is 1. The quantitative estimate of drug-likeness (QED) is 0.808. The minimum Gasteiger partial charge on any atom is -0.350 e. The van der Waals surface area contributed by atoms with Crippen LogP contribution >= 0.6 is 11.6 Å². The molecule has 124 valence electrons. The van der Waals surface area contributed by atoms with Crippen LogP contribution in [0.25, 0.3) is 0 Å². The molecule has 1 aromatic carbocycles. The number of nitriles is 1. The summed E-state index contributed by atoms with van der Waals surface area (Å²) in [6, 6.07) is 13.5. The molecule has 0 aliphatic carbocycles. The number of hydrogen-bond donors (Lipinski definition) is 0. The number of nitrogens with zero attached hydrogens (tertiary/aromatic N) is 5. The lowest BCUT2D eigenvalue weighted by Gasteiger charge is -2.26. The van der Waals surface area contributed by atoms with E-state index in [0.29, 0.717) is 5.69 Å². The largest absolute Gasteiger partial charge is 0.350 e. The van der Waals surface area contributed by atoms with E-state index in [1.54, 1.807) is 6.07 Å². The highest BCUT2D eigenvalue weighted by Crippen LogP contribution is 2.17. The monoisotopic (exact) mass is 341 g/mol. The first-order valence-electron chi connectivity index (χ1n) is 8.20. The Morgan fingerprint density at radius 2 is 1.83 bits per heavy atom. The van der Waals surface area contributed by atoms with Crippen molar-refractivity contribution in [1.29, 1.82) is 5.26 Å². The Morgan fingerprint density at radius 3 is 2.46 bits per heavy atom. The second kappa shape index (κ2) is 8.09. The number of anilines is 1. The van der Waals surface area contributed by atoms with Gasteiger partial charge in [-0.05, 0) is 55.8 Å². The first-order chi connectivity index (χ1) is 11.7. The van der Waals surface area contributed by atoms with Crippen LogP contribution < -0.4 is 4.90 Å². The predicted octanol–water partition coefficient (Wildman–Crippen LogP) is 3.10. The summed E-state index contributed by atoms with van der Waals surface area (Å²) in [5.74, 6) is 0.795. The molecule has 0 saturated carbocycles. The molecular formula is C18H20ClN5. The molecule has 0 unspecified atom stereocenters. The summed E-state index contributed by atoms with van der Waals surface area (Å²) < 4.78 is 0. The van der Waals surface area contributed by atoms with E-state index in [1.165, 1.54) is 31.5 Å². The Kier molecular flexibility index (Phi) is 5.63. The van der Waals surface area contributed by atoms with Gasteiger partial charge in [0.1, 0.15) is 6.07 Å². The molecule has 0 radical (unpaired) electrons. The zero-order valence-corrected chi connectivity index (χ0v) is 14.3. The Bertz CT molecular complexity index is 687. The van der Waals surface area contributed by atoms with Gasteiger partial charge in [0.25, 0.3) is 0 Å². The normalized spacial score (nSPS) is 14.5. The Labute approximate surface area is 147 Å². The van der Waals surface area contributed by atoms with Crippen LogP contribution in [-0.2, 0) is 6.54 Å². The predicted molar refractivity (Wildman–Crippen MR) is 94.9 cm³/mol. The molecule has 3 rings (SSSR count). The second-order valence-corrected chi connectivity index (χ2v) is 6.42. The van der Waals surface area contributed by atoms with Crippen molar-refractivity contribution < 1.29 is 0 Å². The van der Waals surface area contributed by atoms with Crippen LogP contribution in [-0.4, -0.2) is 41.3 Å². The fourth-order valence-electron chi connectivity index (χ4n) is 2.91. The average molecular weight is 342 g/mol. The van der Waals surface area contributed by atoms with Crippen LogP contribution in [0.5, 0.6) is 0 Å². The molecule has 2 aromatic rings. The maximum absolute atomic E-state index is 8.89. The van der Waals surface area contributed by atoms with E-state index in [0.717, 1.165) is 30.5 Å². The van der Waals surface area contributed by atoms with Gasteiger partial charge in [0.15, 0.2) is 11.5 Å². The minimum atomic E-state index is 0.338. The maximum Gasteiger partial charge on any atom is 0.163 e. The van der Waals surface area contributed by atoms with Crippen LogP contribution in [0.4, 0.5) is 5.82 Å². The van der Waals surface area contributed by atoms with E-state index >= 15 is 0 Å². The topological polar surface area (TPSA) is 56.1 Å². The highest BCUT2D eigenvalue weighted by atomic mass is 35.5. The molecule has 2 heterocycles. The van der Waals surface area contributed by atoms with Crippen LogP contribution in [0.2, 0.25) is 5.02 Å². The minimum absolute atomic E-state index is 0.338. The van der Waals surface area contributed by atoms with E-state index in [9.17, 15) is 0 Å². The van der Waals surface area contributed by atoms with Crippen LogP contribution in [0.3, 0.4) is 0 Å². The molecular weight excluding hydrogens is 322 g/mol. The van der Waals surface area contributed by atoms with Gasteiger partial charge in [-0.25, -0.2) is 0 Å².